The van der Waals surface area contributed by atoms with E-state index in [1.54, 1.807) is 12.1 Å². The van der Waals surface area contributed by atoms with Gasteiger partial charge in [-0.1, -0.05) is 43.7 Å². The van der Waals surface area contributed by atoms with Crippen LogP contribution in [-0.4, -0.2) is 58.2 Å². The molecular formula is C22H30N2O4S2. The predicted molar refractivity (Wildman–Crippen MR) is 124 cm³/mol. The van der Waals surface area contributed by atoms with Gasteiger partial charge in [0.05, 0.1) is 24.5 Å². The number of unbranched alkanes of at least 4 members (excludes halogenated alkanes) is 2. The highest BCUT2D eigenvalue weighted by molar-refractivity contribution is 8.23. The minimum atomic E-state index is -0.483. The van der Waals surface area contributed by atoms with Gasteiger partial charge in [0.15, 0.2) is 0 Å². The molecule has 2 heterocycles. The summed E-state index contributed by atoms with van der Waals surface area (Å²) in [5.74, 6) is 0.343. The second-order valence-corrected chi connectivity index (χ2v) is 9.69. The van der Waals surface area contributed by atoms with Crippen LogP contribution in [0.4, 0.5) is 5.69 Å². The number of morpholine rings is 1. The quantitative estimate of drug-likeness (QED) is 0.353. The first-order chi connectivity index (χ1) is 14.4. The largest absolute Gasteiger partial charge is 0.494 e. The molecule has 0 bridgehead atoms. The van der Waals surface area contributed by atoms with E-state index in [-0.39, 0.29) is 30.4 Å². The van der Waals surface area contributed by atoms with E-state index >= 15 is 0 Å². The second kappa shape index (κ2) is 10.6. The molecule has 3 rings (SSSR count). The number of thioether (sulfide) groups is 1. The van der Waals surface area contributed by atoms with Gasteiger partial charge in [0.2, 0.25) is 11.8 Å². The van der Waals surface area contributed by atoms with Gasteiger partial charge >= 0.3 is 0 Å². The van der Waals surface area contributed by atoms with Crippen LogP contribution in [0.1, 0.15) is 46.5 Å². The fourth-order valence-electron chi connectivity index (χ4n) is 3.72. The lowest BCUT2D eigenvalue weighted by Crippen LogP contribution is -2.47. The summed E-state index contributed by atoms with van der Waals surface area (Å²) in [6.07, 6.45) is 3.64. The van der Waals surface area contributed by atoms with Crippen molar-refractivity contribution in [2.75, 3.05) is 24.6 Å². The lowest BCUT2D eigenvalue weighted by molar-refractivity contribution is -0.121. The smallest absolute Gasteiger partial charge is 0.247 e. The Morgan fingerprint density at radius 1 is 1.17 bits per heavy atom. The van der Waals surface area contributed by atoms with Gasteiger partial charge in [-0.05, 0) is 44.5 Å². The summed E-state index contributed by atoms with van der Waals surface area (Å²) in [6, 6.07) is 7.15. The van der Waals surface area contributed by atoms with Gasteiger partial charge in [0.1, 0.15) is 15.3 Å². The summed E-state index contributed by atoms with van der Waals surface area (Å²) in [4.78, 5) is 28.9. The van der Waals surface area contributed by atoms with Gasteiger partial charge in [-0.25, -0.2) is 4.90 Å². The Morgan fingerprint density at radius 3 is 2.47 bits per heavy atom. The van der Waals surface area contributed by atoms with E-state index in [0.29, 0.717) is 29.7 Å². The van der Waals surface area contributed by atoms with E-state index in [2.05, 4.69) is 11.8 Å². The number of benzene rings is 1. The topological polar surface area (TPSA) is 59.1 Å². The molecule has 1 aromatic carbocycles. The summed E-state index contributed by atoms with van der Waals surface area (Å²) in [7, 11) is 0. The van der Waals surface area contributed by atoms with Crippen molar-refractivity contribution in [3.8, 4) is 5.75 Å². The highest BCUT2D eigenvalue weighted by Gasteiger charge is 2.41. The summed E-state index contributed by atoms with van der Waals surface area (Å²) >= 11 is 6.89. The number of imide groups is 1. The van der Waals surface area contributed by atoms with Gasteiger partial charge in [0.25, 0.3) is 0 Å². The van der Waals surface area contributed by atoms with E-state index in [9.17, 15) is 9.59 Å². The van der Waals surface area contributed by atoms with Crippen molar-refractivity contribution >= 4 is 45.8 Å². The van der Waals surface area contributed by atoms with Crippen molar-refractivity contribution in [2.45, 2.75) is 63.9 Å². The number of carbonyl (C=O) groups is 2. The minimum absolute atomic E-state index is 0.0902. The van der Waals surface area contributed by atoms with Gasteiger partial charge in [-0.15, -0.1) is 0 Å². The molecule has 2 aliphatic rings. The van der Waals surface area contributed by atoms with Gasteiger partial charge in [-0.3, -0.25) is 9.59 Å². The number of hydrogen-bond acceptors (Lipinski definition) is 6. The third-order valence-corrected chi connectivity index (χ3v) is 6.80. The van der Waals surface area contributed by atoms with Crippen molar-refractivity contribution in [3.63, 3.8) is 0 Å². The number of hydrogen-bond donors (Lipinski definition) is 0. The molecule has 0 unspecified atom stereocenters. The lowest BCUT2D eigenvalue weighted by atomic mass is 10.2. The summed E-state index contributed by atoms with van der Waals surface area (Å²) in [5.41, 5.74) is 0.577. The minimum Gasteiger partial charge on any atom is -0.494 e. The summed E-state index contributed by atoms with van der Waals surface area (Å²) < 4.78 is 12.1. The zero-order chi connectivity index (χ0) is 21.7. The molecule has 6 nitrogen and oxygen atoms in total. The number of anilines is 1. The molecule has 0 saturated carbocycles. The normalized spacial score (nSPS) is 24.4. The maximum atomic E-state index is 12.9. The molecule has 2 amide bonds. The third kappa shape index (κ3) is 5.74. The van der Waals surface area contributed by atoms with Crippen LogP contribution in [-0.2, 0) is 14.3 Å². The SMILES string of the molecule is CCCCCOc1ccc(N2C(=O)C[C@H](SC(=S)N3C[C@@H](C)O[C@H](C)C3)C2=O)cc1. The van der Waals surface area contributed by atoms with Crippen LogP contribution >= 0.6 is 24.0 Å². The third-order valence-electron chi connectivity index (χ3n) is 5.14. The zero-order valence-electron chi connectivity index (χ0n) is 17.8. The Balaban J connectivity index is 1.58. The van der Waals surface area contributed by atoms with E-state index < -0.39 is 5.25 Å². The van der Waals surface area contributed by atoms with E-state index in [4.69, 9.17) is 21.7 Å². The fourth-order valence-corrected chi connectivity index (χ4v) is 5.20. The Bertz CT molecular complexity index is 761. The zero-order valence-corrected chi connectivity index (χ0v) is 19.5. The Morgan fingerprint density at radius 2 is 1.83 bits per heavy atom. The van der Waals surface area contributed by atoms with Crippen LogP contribution in [0.3, 0.4) is 0 Å². The Kier molecular flexibility index (Phi) is 8.13. The average molecular weight is 451 g/mol. The molecule has 0 N–H and O–H groups in total. The van der Waals surface area contributed by atoms with E-state index in [1.165, 1.54) is 16.7 Å². The number of rotatable bonds is 7. The number of carbonyl (C=O) groups excluding carboxylic acids is 2. The van der Waals surface area contributed by atoms with Gasteiger partial charge in [-0.2, -0.15) is 0 Å². The first kappa shape index (κ1) is 23.0. The molecule has 2 saturated heterocycles. The number of nitrogens with zero attached hydrogens (tertiary/aromatic N) is 2. The van der Waals surface area contributed by atoms with E-state index in [0.717, 1.165) is 25.0 Å². The van der Waals surface area contributed by atoms with Crippen molar-refractivity contribution < 1.29 is 19.1 Å². The maximum Gasteiger partial charge on any atom is 0.247 e. The van der Waals surface area contributed by atoms with Crippen LogP contribution in [0.2, 0.25) is 0 Å². The number of ether oxygens (including phenoxy) is 2. The van der Waals surface area contributed by atoms with E-state index in [1.807, 2.05) is 26.0 Å². The van der Waals surface area contributed by atoms with Crippen molar-refractivity contribution in [1.29, 1.82) is 0 Å². The highest BCUT2D eigenvalue weighted by Crippen LogP contribution is 2.32. The van der Waals surface area contributed by atoms with Crippen LogP contribution in [0.15, 0.2) is 24.3 Å². The van der Waals surface area contributed by atoms with Crippen LogP contribution < -0.4 is 9.64 Å². The monoisotopic (exact) mass is 450 g/mol. The molecular weight excluding hydrogens is 420 g/mol. The Labute approximate surface area is 188 Å². The van der Waals surface area contributed by atoms with Gasteiger partial charge < -0.3 is 14.4 Å². The molecule has 0 aromatic heterocycles. The van der Waals surface area contributed by atoms with Crippen LogP contribution in [0.5, 0.6) is 5.75 Å². The summed E-state index contributed by atoms with van der Waals surface area (Å²) in [6.45, 7) is 8.25. The van der Waals surface area contributed by atoms with Crippen molar-refractivity contribution in [3.05, 3.63) is 24.3 Å². The molecule has 0 radical (unpaired) electrons. The number of thiocarbonyl (C=S) groups is 1. The first-order valence-electron chi connectivity index (χ1n) is 10.6. The van der Waals surface area contributed by atoms with Crippen LogP contribution in [0, 0.1) is 0 Å². The average Bonchev–Trinajstić information content (AvgIpc) is 2.98. The summed E-state index contributed by atoms with van der Waals surface area (Å²) in [5, 5.41) is -0.483. The fraction of sp³-hybridized carbons (Fsp3) is 0.591. The highest BCUT2D eigenvalue weighted by atomic mass is 32.2. The van der Waals surface area contributed by atoms with Crippen molar-refractivity contribution in [2.24, 2.45) is 0 Å². The molecule has 3 atom stereocenters. The van der Waals surface area contributed by atoms with Gasteiger partial charge in [0, 0.05) is 19.5 Å². The molecule has 2 aliphatic heterocycles. The second-order valence-electron chi connectivity index (χ2n) is 7.86. The molecule has 8 heteroatoms. The standard InChI is InChI=1S/C22H30N2O4S2/c1-4-5-6-11-27-18-9-7-17(8-10-18)24-20(25)12-19(21(24)26)30-22(29)23-13-15(2)28-16(3)14-23/h7-10,15-16,19H,4-6,11-14H2,1-3H3/t15-,16-,19+/m1/s1. The molecule has 0 spiro atoms. The molecule has 2 fully saturated rings. The molecule has 30 heavy (non-hydrogen) atoms. The molecule has 1 aromatic rings. The first-order valence-corrected chi connectivity index (χ1v) is 11.9. The lowest BCUT2D eigenvalue weighted by Gasteiger charge is -2.36. The number of amides is 2. The maximum absolute atomic E-state index is 12.9. The van der Waals surface area contributed by atoms with Crippen molar-refractivity contribution in [1.82, 2.24) is 4.90 Å². The molecule has 0 aliphatic carbocycles. The Hall–Kier alpha value is -1.64. The predicted octanol–water partition coefficient (Wildman–Crippen LogP) is 4.01. The molecule has 164 valence electrons. The van der Waals surface area contributed by atoms with Crippen LogP contribution in [0.25, 0.3) is 0 Å².